The number of hydrogen-bond acceptors (Lipinski definition) is 4. The number of nitrogens with zero attached hydrogens (tertiary/aromatic N) is 1. The maximum atomic E-state index is 13.7. The van der Waals surface area contributed by atoms with Crippen LogP contribution in [0, 0.1) is 5.82 Å². The van der Waals surface area contributed by atoms with Gasteiger partial charge in [-0.3, -0.25) is 4.79 Å². The molecule has 7 heteroatoms. The summed E-state index contributed by atoms with van der Waals surface area (Å²) in [6.07, 6.45) is 0.201. The van der Waals surface area contributed by atoms with Crippen molar-refractivity contribution >= 4 is 28.9 Å². The summed E-state index contributed by atoms with van der Waals surface area (Å²) < 4.78 is 24.2. The summed E-state index contributed by atoms with van der Waals surface area (Å²) in [6.45, 7) is 0.455. The molecule has 0 aliphatic rings. The minimum atomic E-state index is -0.561. The van der Waals surface area contributed by atoms with Gasteiger partial charge in [0.1, 0.15) is 5.82 Å². The number of benzene rings is 2. The third kappa shape index (κ3) is 5.00. The molecular formula is C18H20ClFN2O3. The molecule has 0 saturated carbocycles. The lowest BCUT2D eigenvalue weighted by atomic mass is 10.2. The van der Waals surface area contributed by atoms with E-state index in [0.29, 0.717) is 18.0 Å². The maximum Gasteiger partial charge on any atom is 0.226 e. The molecule has 0 bridgehead atoms. The minimum Gasteiger partial charge on any atom is -0.493 e. The van der Waals surface area contributed by atoms with E-state index in [2.05, 4.69) is 5.32 Å². The highest BCUT2D eigenvalue weighted by Crippen LogP contribution is 2.31. The SMILES string of the molecule is COc1ccc(N(C)CCC(=O)Nc2ccc(Cl)cc2F)cc1OC. The van der Waals surface area contributed by atoms with Gasteiger partial charge in [0.05, 0.1) is 19.9 Å². The van der Waals surface area contributed by atoms with E-state index in [1.165, 1.54) is 12.1 Å². The molecule has 0 atom stereocenters. The van der Waals surface area contributed by atoms with Crippen LogP contribution in [0.1, 0.15) is 6.42 Å². The molecule has 5 nitrogen and oxygen atoms in total. The molecule has 0 unspecified atom stereocenters. The molecule has 1 amide bonds. The van der Waals surface area contributed by atoms with Gasteiger partial charge in [0.15, 0.2) is 11.5 Å². The van der Waals surface area contributed by atoms with Crippen LogP contribution >= 0.6 is 11.6 Å². The Morgan fingerprint density at radius 2 is 1.88 bits per heavy atom. The second-order valence-corrected chi connectivity index (χ2v) is 5.82. The second-order valence-electron chi connectivity index (χ2n) is 5.38. The van der Waals surface area contributed by atoms with E-state index >= 15 is 0 Å². The second kappa shape index (κ2) is 8.58. The lowest BCUT2D eigenvalue weighted by molar-refractivity contribution is -0.116. The molecular weight excluding hydrogens is 347 g/mol. The largest absolute Gasteiger partial charge is 0.493 e. The number of nitrogens with one attached hydrogen (secondary N) is 1. The monoisotopic (exact) mass is 366 g/mol. The Morgan fingerprint density at radius 3 is 2.52 bits per heavy atom. The fourth-order valence-electron chi connectivity index (χ4n) is 2.26. The number of halogens is 2. The molecule has 0 fully saturated rings. The first kappa shape index (κ1) is 18.9. The van der Waals surface area contributed by atoms with Gasteiger partial charge in [-0.15, -0.1) is 0 Å². The van der Waals surface area contributed by atoms with Crippen LogP contribution in [0.2, 0.25) is 5.02 Å². The Bertz CT molecular complexity index is 755. The van der Waals surface area contributed by atoms with Crippen LogP contribution in [0.3, 0.4) is 0 Å². The highest BCUT2D eigenvalue weighted by atomic mass is 35.5. The van der Waals surface area contributed by atoms with E-state index in [4.69, 9.17) is 21.1 Å². The zero-order valence-electron chi connectivity index (χ0n) is 14.3. The zero-order valence-corrected chi connectivity index (χ0v) is 15.1. The molecule has 25 heavy (non-hydrogen) atoms. The van der Waals surface area contributed by atoms with Crippen molar-refractivity contribution in [3.05, 3.63) is 47.2 Å². The van der Waals surface area contributed by atoms with Gasteiger partial charge in [0.2, 0.25) is 5.91 Å². The van der Waals surface area contributed by atoms with Gasteiger partial charge in [0.25, 0.3) is 0 Å². The molecule has 0 heterocycles. The Balaban J connectivity index is 1.95. The van der Waals surface area contributed by atoms with Gasteiger partial charge in [-0.05, 0) is 30.3 Å². The van der Waals surface area contributed by atoms with Crippen LogP contribution < -0.4 is 19.7 Å². The summed E-state index contributed by atoms with van der Waals surface area (Å²) in [5.41, 5.74) is 0.992. The van der Waals surface area contributed by atoms with Gasteiger partial charge in [-0.2, -0.15) is 0 Å². The molecule has 0 radical (unpaired) electrons. The number of ether oxygens (including phenoxy) is 2. The topological polar surface area (TPSA) is 50.8 Å². The van der Waals surface area contributed by atoms with Crippen molar-refractivity contribution < 1.29 is 18.7 Å². The van der Waals surface area contributed by atoms with E-state index < -0.39 is 5.82 Å². The lowest BCUT2D eigenvalue weighted by Crippen LogP contribution is -2.24. The first-order valence-corrected chi connectivity index (χ1v) is 8.00. The molecule has 2 aromatic carbocycles. The zero-order chi connectivity index (χ0) is 18.4. The average molecular weight is 367 g/mol. The van der Waals surface area contributed by atoms with Gasteiger partial charge in [-0.25, -0.2) is 4.39 Å². The maximum absolute atomic E-state index is 13.7. The number of carbonyl (C=O) groups is 1. The number of methoxy groups -OCH3 is 2. The Hall–Kier alpha value is -2.47. The van der Waals surface area contributed by atoms with Gasteiger partial charge in [0, 0.05) is 36.8 Å². The van der Waals surface area contributed by atoms with Gasteiger partial charge >= 0.3 is 0 Å². The summed E-state index contributed by atoms with van der Waals surface area (Å²) in [6, 6.07) is 9.62. The van der Waals surface area contributed by atoms with Gasteiger partial charge in [-0.1, -0.05) is 11.6 Å². The van der Waals surface area contributed by atoms with Crippen molar-refractivity contribution in [1.29, 1.82) is 0 Å². The van der Waals surface area contributed by atoms with Crippen LogP contribution in [0.15, 0.2) is 36.4 Å². The molecule has 134 valence electrons. The summed E-state index contributed by atoms with van der Waals surface area (Å²) >= 11 is 5.69. The highest BCUT2D eigenvalue weighted by molar-refractivity contribution is 6.30. The van der Waals surface area contributed by atoms with Crippen LogP contribution in [0.4, 0.5) is 15.8 Å². The Labute approximate surface area is 151 Å². The number of anilines is 2. The van der Waals surface area contributed by atoms with E-state index in [0.717, 1.165) is 11.8 Å². The Kier molecular flexibility index (Phi) is 6.47. The molecule has 0 aliphatic heterocycles. The first-order chi connectivity index (χ1) is 11.9. The molecule has 2 aromatic rings. The van der Waals surface area contributed by atoms with Crippen LogP contribution in [-0.4, -0.2) is 33.7 Å². The summed E-state index contributed by atoms with van der Waals surface area (Å²) in [5.74, 6) is 0.401. The third-order valence-electron chi connectivity index (χ3n) is 3.69. The number of hydrogen-bond donors (Lipinski definition) is 1. The van der Waals surface area contributed by atoms with Crippen molar-refractivity contribution in [2.75, 3.05) is 38.0 Å². The van der Waals surface area contributed by atoms with E-state index in [1.54, 1.807) is 20.3 Å². The van der Waals surface area contributed by atoms with Crippen molar-refractivity contribution in [2.45, 2.75) is 6.42 Å². The van der Waals surface area contributed by atoms with Crippen molar-refractivity contribution in [1.82, 2.24) is 0 Å². The minimum absolute atomic E-state index is 0.114. The summed E-state index contributed by atoms with van der Waals surface area (Å²) in [4.78, 5) is 13.9. The predicted octanol–water partition coefficient (Wildman–Crippen LogP) is 3.96. The lowest BCUT2D eigenvalue weighted by Gasteiger charge is -2.20. The van der Waals surface area contributed by atoms with E-state index in [-0.39, 0.29) is 23.0 Å². The van der Waals surface area contributed by atoms with Crippen molar-refractivity contribution in [2.24, 2.45) is 0 Å². The van der Waals surface area contributed by atoms with Crippen LogP contribution in [0.25, 0.3) is 0 Å². The fourth-order valence-corrected chi connectivity index (χ4v) is 2.42. The van der Waals surface area contributed by atoms with Crippen LogP contribution in [-0.2, 0) is 4.79 Å². The molecule has 0 spiro atoms. The molecule has 2 rings (SSSR count). The van der Waals surface area contributed by atoms with Crippen molar-refractivity contribution in [3.63, 3.8) is 0 Å². The van der Waals surface area contributed by atoms with Gasteiger partial charge < -0.3 is 19.7 Å². The number of rotatable bonds is 7. The Morgan fingerprint density at radius 1 is 1.16 bits per heavy atom. The summed E-state index contributed by atoms with van der Waals surface area (Å²) in [5, 5.41) is 2.82. The smallest absolute Gasteiger partial charge is 0.226 e. The molecule has 1 N–H and O–H groups in total. The van der Waals surface area contributed by atoms with Crippen molar-refractivity contribution in [3.8, 4) is 11.5 Å². The molecule has 0 aliphatic carbocycles. The number of carbonyl (C=O) groups excluding carboxylic acids is 1. The van der Waals surface area contributed by atoms with E-state index in [1.807, 2.05) is 24.1 Å². The quantitative estimate of drug-likeness (QED) is 0.805. The fraction of sp³-hybridized carbons (Fsp3) is 0.278. The van der Waals surface area contributed by atoms with E-state index in [9.17, 15) is 9.18 Å². The number of amides is 1. The van der Waals surface area contributed by atoms with Crippen LogP contribution in [0.5, 0.6) is 11.5 Å². The third-order valence-corrected chi connectivity index (χ3v) is 3.92. The molecule has 0 aromatic heterocycles. The predicted molar refractivity (Wildman–Crippen MR) is 97.5 cm³/mol. The average Bonchev–Trinajstić information content (AvgIpc) is 2.61. The standard InChI is InChI=1S/C18H20ClFN2O3/c1-22(13-5-7-16(24-2)17(11-13)25-3)9-8-18(23)21-15-6-4-12(19)10-14(15)20/h4-7,10-11H,8-9H2,1-3H3,(H,21,23). The first-order valence-electron chi connectivity index (χ1n) is 7.62. The highest BCUT2D eigenvalue weighted by Gasteiger charge is 2.11. The molecule has 0 saturated heterocycles. The summed E-state index contributed by atoms with van der Waals surface area (Å²) in [7, 11) is 4.99. The normalized spacial score (nSPS) is 10.3.